The Balaban J connectivity index is 2.84. The SMILES string of the molecule is CCCN(CCNC)Cc1c(Cl)c(CC)nn1CC. The highest BCUT2D eigenvalue weighted by molar-refractivity contribution is 6.31. The number of aryl methyl sites for hydroxylation is 2. The topological polar surface area (TPSA) is 33.1 Å². The third-order valence-corrected chi connectivity index (χ3v) is 3.72. The van der Waals surface area contributed by atoms with Crippen LogP contribution in [0.15, 0.2) is 0 Å². The summed E-state index contributed by atoms with van der Waals surface area (Å²) in [6, 6.07) is 0. The van der Waals surface area contributed by atoms with Gasteiger partial charge < -0.3 is 5.32 Å². The molecule has 0 radical (unpaired) electrons. The fraction of sp³-hybridized carbons (Fsp3) is 0.786. The molecule has 1 heterocycles. The summed E-state index contributed by atoms with van der Waals surface area (Å²) in [5.41, 5.74) is 2.18. The quantitative estimate of drug-likeness (QED) is 0.757. The molecule has 1 aromatic rings. The molecule has 0 aromatic carbocycles. The molecule has 0 atom stereocenters. The molecule has 4 nitrogen and oxygen atoms in total. The fourth-order valence-corrected chi connectivity index (χ4v) is 2.56. The van der Waals surface area contributed by atoms with Crippen molar-refractivity contribution in [3.05, 3.63) is 16.4 Å². The van der Waals surface area contributed by atoms with E-state index in [2.05, 4.69) is 36.1 Å². The maximum atomic E-state index is 6.46. The number of rotatable bonds is 9. The Hall–Kier alpha value is -0.580. The Morgan fingerprint density at radius 1 is 1.26 bits per heavy atom. The van der Waals surface area contributed by atoms with Gasteiger partial charge in [-0.05, 0) is 33.4 Å². The van der Waals surface area contributed by atoms with E-state index in [9.17, 15) is 0 Å². The lowest BCUT2D eigenvalue weighted by Gasteiger charge is -2.22. The molecule has 0 aliphatic rings. The molecular weight excluding hydrogens is 260 g/mol. The zero-order valence-electron chi connectivity index (χ0n) is 12.7. The Labute approximate surface area is 122 Å². The van der Waals surface area contributed by atoms with Crippen LogP contribution in [0.25, 0.3) is 0 Å². The maximum absolute atomic E-state index is 6.46. The third kappa shape index (κ3) is 4.48. The molecule has 1 N–H and O–H groups in total. The first-order chi connectivity index (χ1) is 9.17. The number of aromatic nitrogens is 2. The monoisotopic (exact) mass is 286 g/mol. The molecular formula is C14H27ClN4. The summed E-state index contributed by atoms with van der Waals surface area (Å²) in [5, 5.41) is 8.64. The van der Waals surface area contributed by atoms with Crippen molar-refractivity contribution in [3.8, 4) is 0 Å². The van der Waals surface area contributed by atoms with Gasteiger partial charge in [-0.15, -0.1) is 0 Å². The fourth-order valence-electron chi connectivity index (χ4n) is 2.24. The average molecular weight is 287 g/mol. The summed E-state index contributed by atoms with van der Waals surface area (Å²) < 4.78 is 2.04. The molecule has 5 heteroatoms. The van der Waals surface area contributed by atoms with Crippen LogP contribution in [0, 0.1) is 0 Å². The molecule has 0 aliphatic heterocycles. The number of nitrogens with one attached hydrogen (secondary N) is 1. The zero-order chi connectivity index (χ0) is 14.3. The summed E-state index contributed by atoms with van der Waals surface area (Å²) in [7, 11) is 1.99. The van der Waals surface area contributed by atoms with Crippen molar-refractivity contribution in [2.24, 2.45) is 0 Å². The second-order valence-electron chi connectivity index (χ2n) is 4.76. The molecule has 0 fully saturated rings. The predicted octanol–water partition coefficient (Wildman–Crippen LogP) is 2.55. The van der Waals surface area contributed by atoms with Crippen LogP contribution in [0.2, 0.25) is 5.02 Å². The van der Waals surface area contributed by atoms with Crippen molar-refractivity contribution in [2.75, 3.05) is 26.7 Å². The van der Waals surface area contributed by atoms with E-state index < -0.39 is 0 Å². The molecule has 19 heavy (non-hydrogen) atoms. The average Bonchev–Trinajstić information content (AvgIpc) is 2.72. The summed E-state index contributed by atoms with van der Waals surface area (Å²) in [4.78, 5) is 2.44. The Kier molecular flexibility index (Phi) is 7.42. The number of hydrogen-bond donors (Lipinski definition) is 1. The minimum atomic E-state index is 0.856. The molecule has 110 valence electrons. The largest absolute Gasteiger partial charge is 0.318 e. The van der Waals surface area contributed by atoms with Crippen LogP contribution in [0.5, 0.6) is 0 Å². The minimum absolute atomic E-state index is 0.856. The van der Waals surface area contributed by atoms with Crippen LogP contribution in [0.3, 0.4) is 0 Å². The number of likely N-dealkylation sites (N-methyl/N-ethyl adjacent to an activating group) is 1. The van der Waals surface area contributed by atoms with Crippen LogP contribution in [-0.2, 0) is 19.5 Å². The first-order valence-electron chi connectivity index (χ1n) is 7.28. The van der Waals surface area contributed by atoms with E-state index >= 15 is 0 Å². The van der Waals surface area contributed by atoms with Gasteiger partial charge in [0.1, 0.15) is 0 Å². The highest BCUT2D eigenvalue weighted by Gasteiger charge is 2.16. The number of hydrogen-bond acceptors (Lipinski definition) is 3. The second-order valence-corrected chi connectivity index (χ2v) is 5.13. The van der Waals surface area contributed by atoms with Gasteiger partial charge in [-0.1, -0.05) is 25.4 Å². The molecule has 0 saturated heterocycles. The number of nitrogens with zero attached hydrogens (tertiary/aromatic N) is 3. The van der Waals surface area contributed by atoms with Crippen molar-refractivity contribution >= 4 is 11.6 Å². The van der Waals surface area contributed by atoms with Crippen LogP contribution in [-0.4, -0.2) is 41.4 Å². The van der Waals surface area contributed by atoms with Gasteiger partial charge in [0.25, 0.3) is 0 Å². The van der Waals surface area contributed by atoms with E-state index in [1.165, 1.54) is 0 Å². The second kappa shape index (κ2) is 8.56. The van der Waals surface area contributed by atoms with E-state index in [-0.39, 0.29) is 0 Å². The van der Waals surface area contributed by atoms with Crippen LogP contribution in [0.4, 0.5) is 0 Å². The molecule has 0 amide bonds. The summed E-state index contributed by atoms with van der Waals surface area (Å²) >= 11 is 6.46. The molecule has 0 unspecified atom stereocenters. The highest BCUT2D eigenvalue weighted by atomic mass is 35.5. The van der Waals surface area contributed by atoms with Gasteiger partial charge >= 0.3 is 0 Å². The molecule has 0 spiro atoms. The third-order valence-electron chi connectivity index (χ3n) is 3.29. The predicted molar refractivity (Wildman–Crippen MR) is 81.8 cm³/mol. The van der Waals surface area contributed by atoms with Crippen molar-refractivity contribution in [1.82, 2.24) is 20.0 Å². The van der Waals surface area contributed by atoms with Crippen molar-refractivity contribution in [2.45, 2.75) is 46.7 Å². The Morgan fingerprint density at radius 2 is 2.00 bits per heavy atom. The molecule has 0 aliphatic carbocycles. The van der Waals surface area contributed by atoms with Gasteiger partial charge in [0, 0.05) is 26.2 Å². The van der Waals surface area contributed by atoms with Crippen molar-refractivity contribution in [3.63, 3.8) is 0 Å². The lowest BCUT2D eigenvalue weighted by atomic mass is 10.2. The van der Waals surface area contributed by atoms with E-state index in [4.69, 9.17) is 11.6 Å². The lowest BCUT2D eigenvalue weighted by Crippen LogP contribution is -2.32. The van der Waals surface area contributed by atoms with Gasteiger partial charge in [-0.2, -0.15) is 5.10 Å². The maximum Gasteiger partial charge on any atom is 0.0863 e. The van der Waals surface area contributed by atoms with Gasteiger partial charge in [-0.25, -0.2) is 0 Å². The summed E-state index contributed by atoms with van der Waals surface area (Å²) in [6.07, 6.45) is 2.05. The van der Waals surface area contributed by atoms with Gasteiger partial charge in [0.05, 0.1) is 16.4 Å². The number of halogens is 1. The smallest absolute Gasteiger partial charge is 0.0863 e. The van der Waals surface area contributed by atoms with E-state index in [1.807, 2.05) is 11.7 Å². The molecule has 1 rings (SSSR count). The highest BCUT2D eigenvalue weighted by Crippen LogP contribution is 2.23. The van der Waals surface area contributed by atoms with Crippen LogP contribution in [0.1, 0.15) is 38.6 Å². The van der Waals surface area contributed by atoms with Gasteiger partial charge in [0.15, 0.2) is 0 Å². The van der Waals surface area contributed by atoms with Crippen molar-refractivity contribution in [1.29, 1.82) is 0 Å². The van der Waals surface area contributed by atoms with Gasteiger partial charge in [0.2, 0.25) is 0 Å². The van der Waals surface area contributed by atoms with Gasteiger partial charge in [-0.3, -0.25) is 9.58 Å². The molecule has 0 bridgehead atoms. The first-order valence-corrected chi connectivity index (χ1v) is 7.66. The van der Waals surface area contributed by atoms with Crippen LogP contribution >= 0.6 is 11.6 Å². The molecule has 1 aromatic heterocycles. The Morgan fingerprint density at radius 3 is 2.53 bits per heavy atom. The zero-order valence-corrected chi connectivity index (χ0v) is 13.4. The lowest BCUT2D eigenvalue weighted by molar-refractivity contribution is 0.259. The summed E-state index contributed by atoms with van der Waals surface area (Å²) in [6.45, 7) is 11.3. The van der Waals surface area contributed by atoms with Crippen LogP contribution < -0.4 is 5.32 Å². The van der Waals surface area contributed by atoms with E-state index in [0.29, 0.717) is 0 Å². The normalized spacial score (nSPS) is 11.5. The first kappa shape index (κ1) is 16.5. The summed E-state index contributed by atoms with van der Waals surface area (Å²) in [5.74, 6) is 0. The van der Waals surface area contributed by atoms with E-state index in [1.54, 1.807) is 0 Å². The molecule has 0 saturated carbocycles. The van der Waals surface area contributed by atoms with Crippen molar-refractivity contribution < 1.29 is 0 Å². The minimum Gasteiger partial charge on any atom is -0.318 e. The standard InChI is InChI=1S/C14H27ClN4/c1-5-9-18(10-8-16-4)11-13-14(15)12(6-2)17-19(13)7-3/h16H,5-11H2,1-4H3. The Bertz CT molecular complexity index is 376. The van der Waals surface area contributed by atoms with E-state index in [0.717, 1.165) is 62.0 Å².